The molecule has 1 N–H and O–H groups in total. The molecule has 7 nitrogen and oxygen atoms in total. The van der Waals surface area contributed by atoms with E-state index in [1.54, 1.807) is 0 Å². The SMILES string of the molecule is CCc1cc(CC)n(-c2ccc(C(=O)O)cc2[N+](=O)[O-])n1. The molecule has 0 unspecified atom stereocenters. The summed E-state index contributed by atoms with van der Waals surface area (Å²) in [6, 6.07) is 5.73. The Labute approximate surface area is 121 Å². The summed E-state index contributed by atoms with van der Waals surface area (Å²) < 4.78 is 1.52. The van der Waals surface area contributed by atoms with E-state index < -0.39 is 10.9 Å². The second kappa shape index (κ2) is 5.74. The zero-order valence-corrected chi connectivity index (χ0v) is 11.7. The molecule has 0 spiro atoms. The number of rotatable bonds is 5. The van der Waals surface area contributed by atoms with E-state index in [2.05, 4.69) is 5.10 Å². The molecule has 0 fully saturated rings. The Hall–Kier alpha value is -2.70. The number of hydrogen-bond donors (Lipinski definition) is 1. The summed E-state index contributed by atoms with van der Waals surface area (Å²) in [5.41, 5.74) is 1.57. The quantitative estimate of drug-likeness (QED) is 0.673. The summed E-state index contributed by atoms with van der Waals surface area (Å²) in [7, 11) is 0. The van der Waals surface area contributed by atoms with Crippen LogP contribution in [-0.2, 0) is 12.8 Å². The number of aryl methyl sites for hydroxylation is 2. The van der Waals surface area contributed by atoms with Crippen LogP contribution in [0, 0.1) is 10.1 Å². The molecular weight excluding hydrogens is 274 g/mol. The predicted octanol–water partition coefficient (Wildman–Crippen LogP) is 2.60. The fraction of sp³-hybridized carbons (Fsp3) is 0.286. The van der Waals surface area contributed by atoms with Crippen molar-refractivity contribution in [2.24, 2.45) is 0 Å². The summed E-state index contributed by atoms with van der Waals surface area (Å²) in [5, 5.41) is 24.5. The molecule has 21 heavy (non-hydrogen) atoms. The van der Waals surface area contributed by atoms with E-state index in [-0.39, 0.29) is 16.9 Å². The second-order valence-corrected chi connectivity index (χ2v) is 4.51. The normalized spacial score (nSPS) is 10.6. The highest BCUT2D eigenvalue weighted by Gasteiger charge is 2.21. The van der Waals surface area contributed by atoms with Crippen LogP contribution >= 0.6 is 0 Å². The number of benzene rings is 1. The largest absolute Gasteiger partial charge is 0.478 e. The van der Waals surface area contributed by atoms with Crippen LogP contribution < -0.4 is 0 Å². The molecule has 0 amide bonds. The van der Waals surface area contributed by atoms with Crippen molar-refractivity contribution in [2.45, 2.75) is 26.7 Å². The summed E-state index contributed by atoms with van der Waals surface area (Å²) >= 11 is 0. The molecule has 0 aliphatic rings. The van der Waals surface area contributed by atoms with Gasteiger partial charge in [0.2, 0.25) is 0 Å². The predicted molar refractivity (Wildman–Crippen MR) is 75.9 cm³/mol. The van der Waals surface area contributed by atoms with Gasteiger partial charge in [-0.3, -0.25) is 10.1 Å². The second-order valence-electron chi connectivity index (χ2n) is 4.51. The van der Waals surface area contributed by atoms with Crippen molar-refractivity contribution in [3.05, 3.63) is 51.3 Å². The maximum Gasteiger partial charge on any atom is 0.335 e. The van der Waals surface area contributed by atoms with Crippen LogP contribution in [-0.4, -0.2) is 25.8 Å². The fourth-order valence-corrected chi connectivity index (χ4v) is 2.09. The molecule has 0 radical (unpaired) electrons. The Morgan fingerprint density at radius 1 is 1.33 bits per heavy atom. The van der Waals surface area contributed by atoms with Gasteiger partial charge in [-0.2, -0.15) is 5.10 Å². The van der Waals surface area contributed by atoms with Crippen LogP contribution in [0.1, 0.15) is 35.6 Å². The first-order valence-electron chi connectivity index (χ1n) is 6.57. The maximum absolute atomic E-state index is 11.2. The first-order chi connectivity index (χ1) is 9.97. The third-order valence-electron chi connectivity index (χ3n) is 3.21. The number of nitrogens with zero attached hydrogens (tertiary/aromatic N) is 3. The third kappa shape index (κ3) is 2.76. The van der Waals surface area contributed by atoms with Crippen molar-refractivity contribution >= 4 is 11.7 Å². The molecule has 1 aromatic heterocycles. The zero-order valence-electron chi connectivity index (χ0n) is 11.7. The van der Waals surface area contributed by atoms with Gasteiger partial charge in [0.25, 0.3) is 5.69 Å². The van der Waals surface area contributed by atoms with Crippen molar-refractivity contribution in [3.63, 3.8) is 0 Å². The molecule has 110 valence electrons. The first kappa shape index (κ1) is 14.7. The van der Waals surface area contributed by atoms with Gasteiger partial charge in [-0.15, -0.1) is 0 Å². The highest BCUT2D eigenvalue weighted by atomic mass is 16.6. The molecule has 1 heterocycles. The van der Waals surface area contributed by atoms with E-state index in [1.165, 1.54) is 16.8 Å². The van der Waals surface area contributed by atoms with Gasteiger partial charge in [-0.05, 0) is 31.0 Å². The molecule has 0 saturated heterocycles. The minimum Gasteiger partial charge on any atom is -0.478 e. The summed E-state index contributed by atoms with van der Waals surface area (Å²) in [4.78, 5) is 21.6. The summed E-state index contributed by atoms with van der Waals surface area (Å²) in [6.07, 6.45) is 1.39. The third-order valence-corrected chi connectivity index (χ3v) is 3.21. The highest BCUT2D eigenvalue weighted by Crippen LogP contribution is 2.26. The standard InChI is InChI=1S/C14H15N3O4/c1-3-10-8-11(4-2)16(15-10)12-6-5-9(14(18)19)7-13(12)17(20)21/h5-8H,3-4H2,1-2H3,(H,18,19). The topological polar surface area (TPSA) is 98.3 Å². The van der Waals surface area contributed by atoms with Gasteiger partial charge in [0.1, 0.15) is 5.69 Å². The van der Waals surface area contributed by atoms with Crippen molar-refractivity contribution in [1.29, 1.82) is 0 Å². The Morgan fingerprint density at radius 2 is 2.05 bits per heavy atom. The summed E-state index contributed by atoms with van der Waals surface area (Å²) in [6.45, 7) is 3.89. The van der Waals surface area contributed by atoms with Gasteiger partial charge in [0, 0.05) is 11.8 Å². The van der Waals surface area contributed by atoms with Gasteiger partial charge in [-0.25, -0.2) is 9.48 Å². The van der Waals surface area contributed by atoms with Crippen molar-refractivity contribution < 1.29 is 14.8 Å². The fourth-order valence-electron chi connectivity index (χ4n) is 2.09. The average Bonchev–Trinajstić information content (AvgIpc) is 2.89. The summed E-state index contributed by atoms with van der Waals surface area (Å²) in [5.74, 6) is -1.20. The molecule has 2 rings (SSSR count). The van der Waals surface area contributed by atoms with Gasteiger partial charge in [0.15, 0.2) is 0 Å². The molecule has 2 aromatic rings. The number of carboxylic acid groups (broad SMARTS) is 1. The Morgan fingerprint density at radius 3 is 2.57 bits per heavy atom. The molecule has 0 saturated carbocycles. The number of aromatic carboxylic acids is 1. The lowest BCUT2D eigenvalue weighted by atomic mass is 10.1. The minimum atomic E-state index is -1.20. The van der Waals surface area contributed by atoms with Crippen molar-refractivity contribution in [2.75, 3.05) is 0 Å². The first-order valence-corrected chi connectivity index (χ1v) is 6.57. The lowest BCUT2D eigenvalue weighted by molar-refractivity contribution is -0.384. The van der Waals surface area contributed by atoms with E-state index >= 15 is 0 Å². The van der Waals surface area contributed by atoms with Gasteiger partial charge in [-0.1, -0.05) is 13.8 Å². The van der Waals surface area contributed by atoms with E-state index in [0.29, 0.717) is 6.42 Å². The molecule has 0 atom stereocenters. The van der Waals surface area contributed by atoms with E-state index in [9.17, 15) is 14.9 Å². The molecule has 0 aliphatic carbocycles. The Balaban J connectivity index is 2.65. The minimum absolute atomic E-state index is 0.119. The Kier molecular flexibility index (Phi) is 4.02. The van der Waals surface area contributed by atoms with E-state index in [4.69, 9.17) is 5.11 Å². The van der Waals surface area contributed by atoms with Crippen LogP contribution in [0.2, 0.25) is 0 Å². The van der Waals surface area contributed by atoms with Crippen molar-refractivity contribution in [1.82, 2.24) is 9.78 Å². The van der Waals surface area contributed by atoms with E-state index in [1.807, 2.05) is 19.9 Å². The molecule has 1 aromatic carbocycles. The lowest BCUT2D eigenvalue weighted by Gasteiger charge is -2.07. The Bertz CT molecular complexity index is 706. The van der Waals surface area contributed by atoms with Crippen LogP contribution in [0.25, 0.3) is 5.69 Å². The van der Waals surface area contributed by atoms with Crippen molar-refractivity contribution in [3.8, 4) is 5.69 Å². The van der Waals surface area contributed by atoms with Crippen LogP contribution in [0.15, 0.2) is 24.3 Å². The smallest absolute Gasteiger partial charge is 0.335 e. The van der Waals surface area contributed by atoms with Crippen LogP contribution in [0.3, 0.4) is 0 Å². The van der Waals surface area contributed by atoms with Gasteiger partial charge < -0.3 is 5.11 Å². The van der Waals surface area contributed by atoms with Gasteiger partial charge >= 0.3 is 5.97 Å². The van der Waals surface area contributed by atoms with Crippen LogP contribution in [0.5, 0.6) is 0 Å². The number of nitro benzene ring substituents is 1. The molecule has 0 bridgehead atoms. The maximum atomic E-state index is 11.2. The zero-order chi connectivity index (χ0) is 15.6. The van der Waals surface area contributed by atoms with Gasteiger partial charge in [0.05, 0.1) is 16.2 Å². The van der Waals surface area contributed by atoms with Crippen LogP contribution in [0.4, 0.5) is 5.69 Å². The number of aromatic nitrogens is 2. The monoisotopic (exact) mass is 289 g/mol. The number of carbonyl (C=O) groups is 1. The number of nitro groups is 1. The molecule has 7 heteroatoms. The number of hydrogen-bond acceptors (Lipinski definition) is 4. The number of carboxylic acids is 1. The van der Waals surface area contributed by atoms with E-state index in [0.717, 1.165) is 23.9 Å². The average molecular weight is 289 g/mol. The molecular formula is C14H15N3O4. The highest BCUT2D eigenvalue weighted by molar-refractivity contribution is 5.89. The lowest BCUT2D eigenvalue weighted by Crippen LogP contribution is -2.07. The molecule has 0 aliphatic heterocycles.